The molecule has 2 aromatic heterocycles. The Balaban J connectivity index is 1.38. The summed E-state index contributed by atoms with van der Waals surface area (Å²) in [7, 11) is 2.16. The van der Waals surface area contributed by atoms with E-state index in [1.54, 1.807) is 12.4 Å². The minimum Gasteiger partial charge on any atom is -0.472 e. The van der Waals surface area contributed by atoms with Crippen LogP contribution in [0.4, 0.5) is 17.5 Å². The van der Waals surface area contributed by atoms with Gasteiger partial charge < -0.3 is 15.0 Å². The SMILES string of the molecule is CN1CCC(n2cc(Nc3ncc4c(n3)N(C3CCCC3)C(=O)C(C)(C)O4)cn2)CC1. The van der Waals surface area contributed by atoms with Gasteiger partial charge in [-0.3, -0.25) is 14.4 Å². The van der Waals surface area contributed by atoms with Gasteiger partial charge in [-0.1, -0.05) is 12.8 Å². The first-order valence-electron chi connectivity index (χ1n) is 11.3. The largest absolute Gasteiger partial charge is 0.472 e. The van der Waals surface area contributed by atoms with Gasteiger partial charge in [0.2, 0.25) is 5.95 Å². The zero-order valence-corrected chi connectivity index (χ0v) is 18.5. The fourth-order valence-corrected chi connectivity index (χ4v) is 4.86. The lowest BCUT2D eigenvalue weighted by Crippen LogP contribution is -2.55. The van der Waals surface area contributed by atoms with Crippen molar-refractivity contribution in [1.29, 1.82) is 0 Å². The Bertz CT molecular complexity index is 959. The number of nitrogens with zero attached hydrogens (tertiary/aromatic N) is 6. The number of likely N-dealkylation sites (tertiary alicyclic amines) is 1. The number of ether oxygens (including phenoxy) is 1. The fourth-order valence-electron chi connectivity index (χ4n) is 4.86. The molecule has 1 saturated carbocycles. The van der Waals surface area contributed by atoms with Crippen LogP contribution in [-0.2, 0) is 4.79 Å². The monoisotopic (exact) mass is 425 g/mol. The van der Waals surface area contributed by atoms with Gasteiger partial charge in [-0.2, -0.15) is 10.1 Å². The number of amides is 1. The molecule has 0 atom stereocenters. The zero-order valence-electron chi connectivity index (χ0n) is 18.5. The highest BCUT2D eigenvalue weighted by Gasteiger charge is 2.45. The Hall–Kier alpha value is -2.68. The molecule has 9 heteroatoms. The number of fused-ring (bicyclic) bond motifs is 1. The minimum atomic E-state index is -0.914. The number of hydrogen-bond acceptors (Lipinski definition) is 7. The Kier molecular flexibility index (Phi) is 5.08. The highest BCUT2D eigenvalue weighted by Crippen LogP contribution is 2.40. The molecule has 5 rings (SSSR count). The van der Waals surface area contributed by atoms with E-state index in [1.807, 2.05) is 29.6 Å². The van der Waals surface area contributed by atoms with Gasteiger partial charge in [-0.25, -0.2) is 4.98 Å². The van der Waals surface area contributed by atoms with Crippen molar-refractivity contribution >= 4 is 23.4 Å². The van der Waals surface area contributed by atoms with Crippen molar-refractivity contribution in [3.05, 3.63) is 18.6 Å². The van der Waals surface area contributed by atoms with Crippen molar-refractivity contribution in [1.82, 2.24) is 24.6 Å². The maximum atomic E-state index is 13.2. The van der Waals surface area contributed by atoms with Gasteiger partial charge in [0.15, 0.2) is 17.2 Å². The van der Waals surface area contributed by atoms with E-state index >= 15 is 0 Å². The number of aromatic nitrogens is 4. The molecular formula is C22H31N7O2. The van der Waals surface area contributed by atoms with Gasteiger partial charge in [0.25, 0.3) is 5.91 Å². The maximum absolute atomic E-state index is 13.2. The maximum Gasteiger partial charge on any atom is 0.272 e. The smallest absolute Gasteiger partial charge is 0.272 e. The van der Waals surface area contributed by atoms with Gasteiger partial charge in [0.05, 0.1) is 24.1 Å². The van der Waals surface area contributed by atoms with E-state index in [4.69, 9.17) is 9.72 Å². The summed E-state index contributed by atoms with van der Waals surface area (Å²) in [5.74, 6) is 1.54. The van der Waals surface area contributed by atoms with Crippen LogP contribution in [0.3, 0.4) is 0 Å². The van der Waals surface area contributed by atoms with Crippen molar-refractivity contribution in [2.45, 2.75) is 70.1 Å². The van der Waals surface area contributed by atoms with Crippen LogP contribution in [0.25, 0.3) is 0 Å². The molecule has 166 valence electrons. The van der Waals surface area contributed by atoms with E-state index < -0.39 is 5.60 Å². The number of rotatable bonds is 4. The van der Waals surface area contributed by atoms with Gasteiger partial charge >= 0.3 is 0 Å². The predicted molar refractivity (Wildman–Crippen MR) is 118 cm³/mol. The number of nitrogens with one attached hydrogen (secondary N) is 1. The predicted octanol–water partition coefficient (Wildman–Crippen LogP) is 3.13. The second-order valence-electron chi connectivity index (χ2n) is 9.48. The van der Waals surface area contributed by atoms with Crippen LogP contribution in [0.5, 0.6) is 5.75 Å². The van der Waals surface area contributed by atoms with Gasteiger partial charge in [-0.05, 0) is 59.7 Å². The summed E-state index contributed by atoms with van der Waals surface area (Å²) in [5.41, 5.74) is -0.0713. The van der Waals surface area contributed by atoms with Crippen LogP contribution in [-0.4, -0.2) is 62.3 Å². The van der Waals surface area contributed by atoms with Crippen molar-refractivity contribution in [3.63, 3.8) is 0 Å². The molecule has 2 fully saturated rings. The second kappa shape index (κ2) is 7.78. The number of anilines is 3. The van der Waals surface area contributed by atoms with Crippen LogP contribution in [0.2, 0.25) is 0 Å². The van der Waals surface area contributed by atoms with Crippen molar-refractivity contribution in [2.24, 2.45) is 0 Å². The highest BCUT2D eigenvalue weighted by molar-refractivity contribution is 6.02. The lowest BCUT2D eigenvalue weighted by atomic mass is 10.0. The molecule has 2 aliphatic heterocycles. The summed E-state index contributed by atoms with van der Waals surface area (Å²) >= 11 is 0. The minimum absolute atomic E-state index is 0.0355. The number of hydrogen-bond donors (Lipinski definition) is 1. The normalized spacial score (nSPS) is 22.4. The van der Waals surface area contributed by atoms with Crippen LogP contribution in [0, 0.1) is 0 Å². The first-order valence-corrected chi connectivity index (χ1v) is 11.3. The van der Waals surface area contributed by atoms with E-state index in [-0.39, 0.29) is 11.9 Å². The summed E-state index contributed by atoms with van der Waals surface area (Å²) in [6.07, 6.45) is 11.9. The van der Waals surface area contributed by atoms with Crippen LogP contribution < -0.4 is 15.0 Å². The highest BCUT2D eigenvalue weighted by atomic mass is 16.5. The number of carbonyl (C=O) groups excluding carboxylic acids is 1. The molecule has 0 radical (unpaired) electrons. The molecule has 0 bridgehead atoms. The molecule has 1 N–H and O–H groups in total. The van der Waals surface area contributed by atoms with Crippen LogP contribution >= 0.6 is 0 Å². The molecule has 0 unspecified atom stereocenters. The molecule has 1 saturated heterocycles. The summed E-state index contributed by atoms with van der Waals surface area (Å²) in [4.78, 5) is 26.5. The third kappa shape index (κ3) is 3.86. The van der Waals surface area contributed by atoms with Gasteiger partial charge in [-0.15, -0.1) is 0 Å². The number of carbonyl (C=O) groups is 1. The summed E-state index contributed by atoms with van der Waals surface area (Å²) < 4.78 is 7.99. The van der Waals surface area contributed by atoms with E-state index in [9.17, 15) is 4.79 Å². The average molecular weight is 426 g/mol. The van der Waals surface area contributed by atoms with Crippen LogP contribution in [0.15, 0.2) is 18.6 Å². The quantitative estimate of drug-likeness (QED) is 0.805. The van der Waals surface area contributed by atoms with E-state index in [0.717, 1.165) is 57.3 Å². The lowest BCUT2D eigenvalue weighted by molar-refractivity contribution is -0.133. The fraction of sp³-hybridized carbons (Fsp3) is 0.636. The van der Waals surface area contributed by atoms with E-state index in [1.165, 1.54) is 0 Å². The first kappa shape index (κ1) is 20.2. The van der Waals surface area contributed by atoms with Gasteiger partial charge in [0, 0.05) is 12.2 Å². The Labute approximate surface area is 182 Å². The van der Waals surface area contributed by atoms with E-state index in [2.05, 4.69) is 27.3 Å². The summed E-state index contributed by atoms with van der Waals surface area (Å²) in [5, 5.41) is 7.81. The van der Waals surface area contributed by atoms with Crippen molar-refractivity contribution in [3.8, 4) is 5.75 Å². The molecule has 0 aromatic carbocycles. The third-order valence-electron chi connectivity index (χ3n) is 6.67. The summed E-state index contributed by atoms with van der Waals surface area (Å²) in [6.45, 7) is 5.79. The van der Waals surface area contributed by atoms with Crippen molar-refractivity contribution < 1.29 is 9.53 Å². The molecule has 31 heavy (non-hydrogen) atoms. The molecule has 1 aliphatic carbocycles. The first-order chi connectivity index (χ1) is 14.9. The van der Waals surface area contributed by atoms with Crippen molar-refractivity contribution in [2.75, 3.05) is 30.4 Å². The molecule has 9 nitrogen and oxygen atoms in total. The topological polar surface area (TPSA) is 88.4 Å². The Morgan fingerprint density at radius 1 is 1.10 bits per heavy atom. The molecule has 1 amide bonds. The molecule has 0 spiro atoms. The Morgan fingerprint density at radius 2 is 1.84 bits per heavy atom. The average Bonchev–Trinajstić information content (AvgIpc) is 3.42. The zero-order chi connectivity index (χ0) is 21.6. The molecular weight excluding hydrogens is 394 g/mol. The third-order valence-corrected chi connectivity index (χ3v) is 6.67. The lowest BCUT2D eigenvalue weighted by Gasteiger charge is -2.40. The summed E-state index contributed by atoms with van der Waals surface area (Å²) in [6, 6.07) is 0.590. The number of piperidine rings is 1. The standard InChI is InChI=1S/C22H31N7O2/c1-22(2)20(30)29(17-6-4-5-7-17)19-18(31-22)13-23-21(26-19)25-15-12-24-28(14-15)16-8-10-27(3)11-9-16/h12-14,16-17H,4-11H2,1-3H3,(H,23,25,26). The van der Waals surface area contributed by atoms with Gasteiger partial charge in [0.1, 0.15) is 0 Å². The van der Waals surface area contributed by atoms with Crippen LogP contribution in [0.1, 0.15) is 58.4 Å². The Morgan fingerprint density at radius 3 is 2.58 bits per heavy atom. The molecule has 2 aromatic rings. The second-order valence-corrected chi connectivity index (χ2v) is 9.48. The molecule has 3 aliphatic rings. The molecule has 4 heterocycles. The van der Waals surface area contributed by atoms with E-state index in [0.29, 0.717) is 23.6 Å².